The third-order valence-corrected chi connectivity index (χ3v) is 1.26. The zero-order valence-electron chi connectivity index (χ0n) is 5.56. The van der Waals surface area contributed by atoms with Gasteiger partial charge in [-0.05, 0) is 12.5 Å². The minimum atomic E-state index is -0.580. The molecule has 1 aromatic rings. The van der Waals surface area contributed by atoms with Gasteiger partial charge in [-0.15, -0.1) is 0 Å². The maximum atomic E-state index is 12.5. The van der Waals surface area contributed by atoms with E-state index < -0.39 is 11.8 Å². The molecule has 0 aromatic carbocycles. The fourth-order valence-electron chi connectivity index (χ4n) is 0.712. The molecule has 1 heterocycles. The van der Waals surface area contributed by atoms with Gasteiger partial charge in [-0.2, -0.15) is 4.39 Å². The molecule has 0 N–H and O–H groups in total. The first-order valence-electron chi connectivity index (χ1n) is 3.04. The fourth-order valence-corrected chi connectivity index (χ4v) is 0.712. The monoisotopic (exact) mass is 143 g/mol. The van der Waals surface area contributed by atoms with E-state index in [2.05, 4.69) is 4.98 Å². The lowest BCUT2D eigenvalue weighted by atomic mass is 10.2. The minimum Gasteiger partial charge on any atom is -0.225 e. The molecule has 10 heavy (non-hydrogen) atoms. The van der Waals surface area contributed by atoms with Gasteiger partial charge >= 0.3 is 0 Å². The molecule has 1 rings (SSSR count). The van der Waals surface area contributed by atoms with E-state index in [1.807, 2.05) is 0 Å². The maximum Gasteiger partial charge on any atom is 0.216 e. The number of hydrogen-bond donors (Lipinski definition) is 0. The van der Waals surface area contributed by atoms with Crippen molar-refractivity contribution in [2.75, 3.05) is 0 Å². The van der Waals surface area contributed by atoms with E-state index in [0.29, 0.717) is 12.0 Å². The Hall–Kier alpha value is -0.990. The number of rotatable bonds is 1. The average molecular weight is 143 g/mol. The molecule has 3 heteroatoms. The second-order valence-corrected chi connectivity index (χ2v) is 1.96. The number of hydrogen-bond acceptors (Lipinski definition) is 1. The van der Waals surface area contributed by atoms with E-state index in [1.54, 1.807) is 6.92 Å². The highest BCUT2D eigenvalue weighted by Gasteiger charge is 2.01. The standard InChI is InChI=1S/C7H7F2N/c1-2-5-3-6(8)4-10-7(5)9/h3-4H,2H2,1H3. The molecule has 0 unspecified atom stereocenters. The van der Waals surface area contributed by atoms with Gasteiger partial charge in [0.2, 0.25) is 5.95 Å². The molecule has 0 amide bonds. The van der Waals surface area contributed by atoms with E-state index in [1.165, 1.54) is 0 Å². The highest BCUT2D eigenvalue weighted by molar-refractivity contribution is 5.11. The average Bonchev–Trinajstić information content (AvgIpc) is 1.94. The van der Waals surface area contributed by atoms with Crippen LogP contribution >= 0.6 is 0 Å². The molecule has 0 fully saturated rings. The zero-order chi connectivity index (χ0) is 7.56. The van der Waals surface area contributed by atoms with E-state index in [-0.39, 0.29) is 0 Å². The predicted octanol–water partition coefficient (Wildman–Crippen LogP) is 1.92. The number of aromatic nitrogens is 1. The molecule has 54 valence electrons. The van der Waals surface area contributed by atoms with Crippen LogP contribution in [-0.2, 0) is 6.42 Å². The van der Waals surface area contributed by atoms with Gasteiger partial charge in [0.1, 0.15) is 5.82 Å². The molecule has 0 aliphatic rings. The quantitative estimate of drug-likeness (QED) is 0.547. The van der Waals surface area contributed by atoms with Crippen LogP contribution in [0.25, 0.3) is 0 Å². The van der Waals surface area contributed by atoms with Crippen LogP contribution in [0.2, 0.25) is 0 Å². The van der Waals surface area contributed by atoms with Crippen molar-refractivity contribution in [3.05, 3.63) is 29.6 Å². The van der Waals surface area contributed by atoms with Crippen molar-refractivity contribution in [3.8, 4) is 0 Å². The Morgan fingerprint density at radius 1 is 1.50 bits per heavy atom. The molecule has 0 aliphatic carbocycles. The minimum absolute atomic E-state index is 0.319. The number of aryl methyl sites for hydroxylation is 1. The summed E-state index contributed by atoms with van der Waals surface area (Å²) in [5.74, 6) is -1.07. The molecule has 1 nitrogen and oxygen atoms in total. The first-order chi connectivity index (χ1) is 4.74. The maximum absolute atomic E-state index is 12.5. The van der Waals surface area contributed by atoms with Gasteiger partial charge in [-0.3, -0.25) is 0 Å². The van der Waals surface area contributed by atoms with Crippen molar-refractivity contribution in [2.24, 2.45) is 0 Å². The largest absolute Gasteiger partial charge is 0.225 e. The highest BCUT2D eigenvalue weighted by Crippen LogP contribution is 2.05. The summed E-state index contributed by atoms with van der Waals surface area (Å²) >= 11 is 0. The van der Waals surface area contributed by atoms with Gasteiger partial charge in [-0.25, -0.2) is 9.37 Å². The summed E-state index contributed by atoms with van der Waals surface area (Å²) in [5, 5.41) is 0. The van der Waals surface area contributed by atoms with Crippen molar-refractivity contribution in [3.63, 3.8) is 0 Å². The number of halogens is 2. The highest BCUT2D eigenvalue weighted by atomic mass is 19.1. The molecule has 0 bridgehead atoms. The van der Waals surface area contributed by atoms with E-state index in [9.17, 15) is 8.78 Å². The van der Waals surface area contributed by atoms with Gasteiger partial charge < -0.3 is 0 Å². The summed E-state index contributed by atoms with van der Waals surface area (Å²) in [6.45, 7) is 1.75. The first-order valence-corrected chi connectivity index (χ1v) is 3.04. The van der Waals surface area contributed by atoms with Crippen LogP contribution < -0.4 is 0 Å². The molecule has 0 radical (unpaired) electrons. The third-order valence-electron chi connectivity index (χ3n) is 1.26. The molecule has 0 atom stereocenters. The second-order valence-electron chi connectivity index (χ2n) is 1.96. The Balaban J connectivity index is 3.09. The Bertz CT molecular complexity index is 235. The van der Waals surface area contributed by atoms with Crippen LogP contribution in [0.4, 0.5) is 8.78 Å². The Morgan fingerprint density at radius 2 is 2.20 bits per heavy atom. The van der Waals surface area contributed by atoms with Crippen molar-refractivity contribution in [2.45, 2.75) is 13.3 Å². The number of nitrogens with zero attached hydrogens (tertiary/aromatic N) is 1. The predicted molar refractivity (Wildman–Crippen MR) is 33.5 cm³/mol. The summed E-state index contributed by atoms with van der Waals surface area (Å²) in [4.78, 5) is 3.21. The van der Waals surface area contributed by atoms with Gasteiger partial charge in [0.05, 0.1) is 6.20 Å². The van der Waals surface area contributed by atoms with E-state index in [4.69, 9.17) is 0 Å². The van der Waals surface area contributed by atoms with Crippen LogP contribution in [0.15, 0.2) is 12.3 Å². The number of pyridine rings is 1. The molecule has 0 aliphatic heterocycles. The van der Waals surface area contributed by atoms with Crippen molar-refractivity contribution >= 4 is 0 Å². The SMILES string of the molecule is CCc1cc(F)cnc1F. The summed E-state index contributed by atoms with van der Waals surface area (Å²) < 4.78 is 24.8. The summed E-state index contributed by atoms with van der Waals surface area (Å²) in [7, 11) is 0. The summed E-state index contributed by atoms with van der Waals surface area (Å²) in [5.41, 5.74) is 0.319. The summed E-state index contributed by atoms with van der Waals surface area (Å²) in [6.07, 6.45) is 1.34. The van der Waals surface area contributed by atoms with E-state index >= 15 is 0 Å². The zero-order valence-corrected chi connectivity index (χ0v) is 5.56. The third kappa shape index (κ3) is 1.29. The van der Waals surface area contributed by atoms with Gasteiger partial charge in [0.25, 0.3) is 0 Å². The normalized spacial score (nSPS) is 9.90. The first kappa shape index (κ1) is 7.12. The van der Waals surface area contributed by atoms with Gasteiger partial charge in [-0.1, -0.05) is 6.92 Å². The Morgan fingerprint density at radius 3 is 2.70 bits per heavy atom. The van der Waals surface area contributed by atoms with Crippen molar-refractivity contribution in [1.82, 2.24) is 4.98 Å². The summed E-state index contributed by atoms with van der Waals surface area (Å²) in [6, 6.07) is 1.16. The molecular formula is C7H7F2N. The van der Waals surface area contributed by atoms with Gasteiger partial charge in [0, 0.05) is 5.56 Å². The molecule has 1 aromatic heterocycles. The smallest absolute Gasteiger partial charge is 0.216 e. The Labute approximate surface area is 57.7 Å². The lowest BCUT2D eigenvalue weighted by Crippen LogP contribution is -1.92. The van der Waals surface area contributed by atoms with Crippen LogP contribution in [0.5, 0.6) is 0 Å². The molecule has 0 saturated carbocycles. The van der Waals surface area contributed by atoms with Gasteiger partial charge in [0.15, 0.2) is 0 Å². The lowest BCUT2D eigenvalue weighted by molar-refractivity contribution is 0.545. The van der Waals surface area contributed by atoms with Crippen LogP contribution in [0.3, 0.4) is 0 Å². The second kappa shape index (κ2) is 2.73. The lowest BCUT2D eigenvalue weighted by Gasteiger charge is -1.95. The molecular weight excluding hydrogens is 136 g/mol. The van der Waals surface area contributed by atoms with Crippen LogP contribution in [-0.4, -0.2) is 4.98 Å². The van der Waals surface area contributed by atoms with Crippen LogP contribution in [0.1, 0.15) is 12.5 Å². The molecule has 0 spiro atoms. The fraction of sp³-hybridized carbons (Fsp3) is 0.286. The molecule has 0 saturated heterocycles. The van der Waals surface area contributed by atoms with Crippen molar-refractivity contribution in [1.29, 1.82) is 0 Å². The van der Waals surface area contributed by atoms with E-state index in [0.717, 1.165) is 12.3 Å². The van der Waals surface area contributed by atoms with Crippen molar-refractivity contribution < 1.29 is 8.78 Å². The van der Waals surface area contributed by atoms with Crippen LogP contribution in [0, 0.1) is 11.8 Å². The topological polar surface area (TPSA) is 12.9 Å². The Kier molecular flexibility index (Phi) is 1.94.